The number of amides is 1. The molecule has 0 bridgehead atoms. The van der Waals surface area contributed by atoms with E-state index in [2.05, 4.69) is 15.0 Å². The highest BCUT2D eigenvalue weighted by atomic mass is 32.1. The van der Waals surface area contributed by atoms with Crippen molar-refractivity contribution in [2.45, 2.75) is 32.0 Å². The van der Waals surface area contributed by atoms with Gasteiger partial charge in [-0.1, -0.05) is 12.1 Å². The number of aromatic nitrogens is 1. The molecule has 3 aromatic rings. The first-order chi connectivity index (χ1) is 17.4. The van der Waals surface area contributed by atoms with E-state index in [-0.39, 0.29) is 35.2 Å². The van der Waals surface area contributed by atoms with Gasteiger partial charge in [0.25, 0.3) is 5.91 Å². The molecule has 1 aromatic heterocycles. The maximum absolute atomic E-state index is 15.0. The molecule has 2 aromatic carbocycles. The normalized spacial score (nSPS) is 12.6. The van der Waals surface area contributed by atoms with E-state index >= 15 is 0 Å². The molecule has 1 fully saturated rings. The van der Waals surface area contributed by atoms with Crippen molar-refractivity contribution >= 4 is 28.4 Å². The molecule has 11 heteroatoms. The Balaban J connectivity index is 1.49. The van der Waals surface area contributed by atoms with Gasteiger partial charge in [0.1, 0.15) is 28.9 Å². The number of ether oxygens (including phenoxy) is 4. The summed E-state index contributed by atoms with van der Waals surface area (Å²) in [6, 6.07) is 10.0. The van der Waals surface area contributed by atoms with Gasteiger partial charge in [0.15, 0.2) is 5.56 Å². The van der Waals surface area contributed by atoms with Gasteiger partial charge in [0.05, 0.1) is 26.9 Å². The second-order valence-corrected chi connectivity index (χ2v) is 8.80. The van der Waals surface area contributed by atoms with Crippen molar-refractivity contribution in [3.05, 3.63) is 64.5 Å². The van der Waals surface area contributed by atoms with Gasteiger partial charge < -0.3 is 29.6 Å². The van der Waals surface area contributed by atoms with Gasteiger partial charge in [-0.05, 0) is 42.6 Å². The van der Waals surface area contributed by atoms with Gasteiger partial charge in [-0.15, -0.1) is 0 Å². The standard InChI is InChI=1S/C25H26FN3O6S/c1-32-17-10-7-14(19(11-17)33-2)12-27-24-20(25(31)34-3)23(29-36-24)35-13-15-5-4-6-18(21(15)26)22(30)28-16-8-9-16/h4-7,10-11,16,27H,8-9,12-13H2,1-3H3,(H,28,30). The molecule has 0 aliphatic heterocycles. The number of hydrogen-bond donors (Lipinski definition) is 2. The van der Waals surface area contributed by atoms with Gasteiger partial charge in [0.2, 0.25) is 5.88 Å². The molecule has 1 aliphatic rings. The zero-order valence-electron chi connectivity index (χ0n) is 20.1. The molecule has 0 spiro atoms. The molecule has 0 radical (unpaired) electrons. The van der Waals surface area contributed by atoms with Crippen LogP contribution in [0.4, 0.5) is 9.39 Å². The summed E-state index contributed by atoms with van der Waals surface area (Å²) < 4.78 is 40.5. The number of methoxy groups -OCH3 is 3. The van der Waals surface area contributed by atoms with E-state index in [1.54, 1.807) is 32.4 Å². The van der Waals surface area contributed by atoms with Gasteiger partial charge in [0, 0.05) is 29.8 Å². The molecule has 9 nitrogen and oxygen atoms in total. The van der Waals surface area contributed by atoms with Gasteiger partial charge in [-0.25, -0.2) is 9.18 Å². The van der Waals surface area contributed by atoms with E-state index in [1.165, 1.54) is 19.2 Å². The van der Waals surface area contributed by atoms with Crippen LogP contribution in [-0.2, 0) is 17.9 Å². The van der Waals surface area contributed by atoms with Crippen LogP contribution in [0.1, 0.15) is 44.7 Å². The Hall–Kier alpha value is -3.86. The molecule has 4 rings (SSSR count). The molecule has 1 saturated carbocycles. The topological polar surface area (TPSA) is 108 Å². The van der Waals surface area contributed by atoms with Gasteiger partial charge in [-0.3, -0.25) is 4.79 Å². The van der Waals surface area contributed by atoms with Crippen molar-refractivity contribution in [3.63, 3.8) is 0 Å². The molecule has 190 valence electrons. The van der Waals surface area contributed by atoms with Crippen molar-refractivity contribution < 1.29 is 32.9 Å². The second kappa shape index (κ2) is 11.3. The van der Waals surface area contributed by atoms with Crippen LogP contribution < -0.4 is 24.8 Å². The zero-order chi connectivity index (χ0) is 25.7. The molecule has 36 heavy (non-hydrogen) atoms. The maximum Gasteiger partial charge on any atom is 0.346 e. The highest BCUT2D eigenvalue weighted by Crippen LogP contribution is 2.33. The summed E-state index contributed by atoms with van der Waals surface area (Å²) in [5.41, 5.74) is 1.04. The lowest BCUT2D eigenvalue weighted by atomic mass is 10.1. The minimum atomic E-state index is -0.671. The first-order valence-corrected chi connectivity index (χ1v) is 12.0. The van der Waals surface area contributed by atoms with E-state index in [9.17, 15) is 14.0 Å². The monoisotopic (exact) mass is 515 g/mol. The number of nitrogens with zero attached hydrogens (tertiary/aromatic N) is 1. The lowest BCUT2D eigenvalue weighted by Gasteiger charge is -2.12. The van der Waals surface area contributed by atoms with E-state index in [0.717, 1.165) is 29.9 Å². The Morgan fingerprint density at radius 1 is 1.11 bits per heavy atom. The molecule has 0 saturated heterocycles. The van der Waals surface area contributed by atoms with Crippen LogP contribution in [-0.4, -0.2) is 43.6 Å². The van der Waals surface area contributed by atoms with E-state index in [1.807, 2.05) is 6.07 Å². The minimum absolute atomic E-state index is 0.00304. The molecular formula is C25H26FN3O6S. The number of nitrogens with one attached hydrogen (secondary N) is 2. The third kappa shape index (κ3) is 5.68. The first kappa shape index (κ1) is 25.2. The Bertz CT molecular complexity index is 1260. The number of anilines is 1. The number of hydrogen-bond acceptors (Lipinski definition) is 9. The third-order valence-electron chi connectivity index (χ3n) is 5.58. The number of rotatable bonds is 11. The third-order valence-corrected chi connectivity index (χ3v) is 6.37. The summed E-state index contributed by atoms with van der Waals surface area (Å²) in [4.78, 5) is 24.8. The SMILES string of the molecule is COC(=O)c1c(OCc2cccc(C(=O)NC3CC3)c2F)nsc1NCc1ccc(OC)cc1OC. The molecule has 1 aliphatic carbocycles. The van der Waals surface area contributed by atoms with E-state index in [4.69, 9.17) is 18.9 Å². The molecule has 2 N–H and O–H groups in total. The summed E-state index contributed by atoms with van der Waals surface area (Å²) in [5.74, 6) is -0.509. The summed E-state index contributed by atoms with van der Waals surface area (Å²) >= 11 is 1.01. The number of carbonyl (C=O) groups is 2. The average molecular weight is 516 g/mol. The van der Waals surface area contributed by atoms with Crippen molar-refractivity contribution in [2.75, 3.05) is 26.6 Å². The predicted molar refractivity (Wildman–Crippen MR) is 132 cm³/mol. The first-order valence-electron chi connectivity index (χ1n) is 11.2. The number of benzene rings is 2. The summed E-state index contributed by atoms with van der Waals surface area (Å²) in [5, 5.41) is 6.36. The minimum Gasteiger partial charge on any atom is -0.497 e. The molecule has 1 amide bonds. The highest BCUT2D eigenvalue weighted by molar-refractivity contribution is 7.10. The van der Waals surface area contributed by atoms with Crippen molar-refractivity contribution in [3.8, 4) is 17.4 Å². The van der Waals surface area contributed by atoms with Crippen LogP contribution >= 0.6 is 11.5 Å². The second-order valence-electron chi connectivity index (χ2n) is 8.03. The fraction of sp³-hybridized carbons (Fsp3) is 0.320. The van der Waals surface area contributed by atoms with E-state index < -0.39 is 17.7 Å². The van der Waals surface area contributed by atoms with Gasteiger partial charge >= 0.3 is 5.97 Å². The quantitative estimate of drug-likeness (QED) is 0.367. The van der Waals surface area contributed by atoms with Crippen molar-refractivity contribution in [1.29, 1.82) is 0 Å². The fourth-order valence-electron chi connectivity index (χ4n) is 3.45. The molecule has 1 heterocycles. The molecule has 0 atom stereocenters. The largest absolute Gasteiger partial charge is 0.497 e. The van der Waals surface area contributed by atoms with Crippen LogP contribution in [0.25, 0.3) is 0 Å². The Kier molecular flexibility index (Phi) is 7.89. The maximum atomic E-state index is 15.0. The Morgan fingerprint density at radius 3 is 2.61 bits per heavy atom. The highest BCUT2D eigenvalue weighted by Gasteiger charge is 2.27. The molecule has 0 unspecified atom stereocenters. The summed E-state index contributed by atoms with van der Waals surface area (Å²) in [7, 11) is 4.38. The van der Waals surface area contributed by atoms with Gasteiger partial charge in [-0.2, -0.15) is 4.37 Å². The summed E-state index contributed by atoms with van der Waals surface area (Å²) in [6.45, 7) is 0.0986. The van der Waals surface area contributed by atoms with Crippen LogP contribution in [0.2, 0.25) is 0 Å². The van der Waals surface area contributed by atoms with Crippen LogP contribution in [0.3, 0.4) is 0 Å². The smallest absolute Gasteiger partial charge is 0.346 e. The van der Waals surface area contributed by atoms with Crippen LogP contribution in [0.5, 0.6) is 17.4 Å². The summed E-state index contributed by atoms with van der Waals surface area (Å²) in [6.07, 6.45) is 1.80. The zero-order valence-corrected chi connectivity index (χ0v) is 20.9. The van der Waals surface area contributed by atoms with Crippen LogP contribution in [0, 0.1) is 5.82 Å². The van der Waals surface area contributed by atoms with Crippen molar-refractivity contribution in [2.24, 2.45) is 0 Å². The van der Waals surface area contributed by atoms with Crippen molar-refractivity contribution in [1.82, 2.24) is 9.69 Å². The van der Waals surface area contributed by atoms with Crippen LogP contribution in [0.15, 0.2) is 36.4 Å². The number of halogens is 1. The lowest BCUT2D eigenvalue weighted by Crippen LogP contribution is -2.26. The lowest BCUT2D eigenvalue weighted by molar-refractivity contribution is 0.0596. The Labute approximate surface area is 211 Å². The fourth-order valence-corrected chi connectivity index (χ4v) is 4.17. The number of carbonyl (C=O) groups excluding carboxylic acids is 2. The average Bonchev–Trinajstić information content (AvgIpc) is 3.62. The Morgan fingerprint density at radius 2 is 1.92 bits per heavy atom. The number of esters is 1. The molecular weight excluding hydrogens is 489 g/mol. The van der Waals surface area contributed by atoms with E-state index in [0.29, 0.717) is 23.0 Å². The predicted octanol–water partition coefficient (Wildman–Crippen LogP) is 4.17.